The van der Waals surface area contributed by atoms with Gasteiger partial charge < -0.3 is 14.2 Å². The van der Waals surface area contributed by atoms with Crippen molar-refractivity contribution in [3.63, 3.8) is 0 Å². The van der Waals surface area contributed by atoms with E-state index in [9.17, 15) is 0 Å². The first-order valence-electron chi connectivity index (χ1n) is 7.77. The zero-order valence-electron chi connectivity index (χ0n) is 14.3. The largest absolute Gasteiger partial charge is 0.493 e. The molecule has 0 amide bonds. The molecule has 0 N–H and O–H groups in total. The van der Waals surface area contributed by atoms with Crippen LogP contribution in [0.4, 0.5) is 0 Å². The van der Waals surface area contributed by atoms with Crippen molar-refractivity contribution in [2.45, 2.75) is 40.7 Å². The Hall–Kier alpha value is -1.81. The van der Waals surface area contributed by atoms with Crippen LogP contribution < -0.4 is 4.74 Å². The van der Waals surface area contributed by atoms with E-state index < -0.39 is 0 Å². The SMILES string of the molecule is Cc1ccc(C)c(OCCCN(C)Cc2c(C)noc2C)c1. The van der Waals surface area contributed by atoms with Gasteiger partial charge in [-0.25, -0.2) is 0 Å². The molecule has 0 spiro atoms. The summed E-state index contributed by atoms with van der Waals surface area (Å²) in [7, 11) is 2.11. The maximum absolute atomic E-state index is 5.89. The van der Waals surface area contributed by atoms with E-state index in [0.717, 1.165) is 43.3 Å². The van der Waals surface area contributed by atoms with Crippen LogP contribution >= 0.6 is 0 Å². The van der Waals surface area contributed by atoms with Gasteiger partial charge >= 0.3 is 0 Å². The first-order valence-corrected chi connectivity index (χ1v) is 7.77. The fourth-order valence-electron chi connectivity index (χ4n) is 2.46. The molecule has 0 fully saturated rings. The van der Waals surface area contributed by atoms with E-state index in [1.165, 1.54) is 16.7 Å². The van der Waals surface area contributed by atoms with E-state index in [2.05, 4.69) is 49.2 Å². The zero-order chi connectivity index (χ0) is 16.1. The summed E-state index contributed by atoms with van der Waals surface area (Å²) in [5.41, 5.74) is 4.60. The molecule has 0 aliphatic carbocycles. The Kier molecular flexibility index (Phi) is 5.61. The molecule has 1 heterocycles. The van der Waals surface area contributed by atoms with Gasteiger partial charge in [0.2, 0.25) is 0 Å². The van der Waals surface area contributed by atoms with E-state index >= 15 is 0 Å². The van der Waals surface area contributed by atoms with Crippen LogP contribution in [0.15, 0.2) is 22.7 Å². The predicted octanol–water partition coefficient (Wildman–Crippen LogP) is 3.81. The molecule has 22 heavy (non-hydrogen) atoms. The molecule has 2 aromatic rings. The lowest BCUT2D eigenvalue weighted by atomic mass is 10.1. The molecule has 0 radical (unpaired) electrons. The molecule has 0 saturated carbocycles. The average Bonchev–Trinajstić information content (AvgIpc) is 2.79. The number of aromatic nitrogens is 1. The van der Waals surface area contributed by atoms with Crippen molar-refractivity contribution in [1.82, 2.24) is 10.1 Å². The van der Waals surface area contributed by atoms with Gasteiger partial charge in [0.05, 0.1) is 12.3 Å². The molecule has 4 nitrogen and oxygen atoms in total. The number of rotatable bonds is 7. The first-order chi connectivity index (χ1) is 10.5. The summed E-state index contributed by atoms with van der Waals surface area (Å²) in [6.07, 6.45) is 0.993. The highest BCUT2D eigenvalue weighted by atomic mass is 16.5. The van der Waals surface area contributed by atoms with Crippen molar-refractivity contribution in [3.8, 4) is 5.75 Å². The number of aryl methyl sites for hydroxylation is 4. The van der Waals surface area contributed by atoms with Gasteiger partial charge in [-0.05, 0) is 58.4 Å². The van der Waals surface area contributed by atoms with Gasteiger partial charge in [0, 0.05) is 18.7 Å². The highest BCUT2D eigenvalue weighted by Crippen LogP contribution is 2.19. The summed E-state index contributed by atoms with van der Waals surface area (Å²) in [5, 5.41) is 4.00. The second-order valence-electron chi connectivity index (χ2n) is 6.01. The van der Waals surface area contributed by atoms with E-state index in [1.54, 1.807) is 0 Å². The maximum atomic E-state index is 5.89. The fraction of sp³-hybridized carbons (Fsp3) is 0.500. The molecule has 2 rings (SSSR count). The lowest BCUT2D eigenvalue weighted by molar-refractivity contribution is 0.257. The van der Waals surface area contributed by atoms with Crippen molar-refractivity contribution in [1.29, 1.82) is 0 Å². The van der Waals surface area contributed by atoms with Crippen LogP contribution in [-0.2, 0) is 6.54 Å². The van der Waals surface area contributed by atoms with E-state index in [-0.39, 0.29) is 0 Å². The molecular weight excluding hydrogens is 276 g/mol. The van der Waals surface area contributed by atoms with Crippen LogP contribution in [0.5, 0.6) is 5.75 Å². The summed E-state index contributed by atoms with van der Waals surface area (Å²) in [6, 6.07) is 6.32. The molecule has 0 atom stereocenters. The second kappa shape index (κ2) is 7.45. The Morgan fingerprint density at radius 1 is 1.18 bits per heavy atom. The monoisotopic (exact) mass is 302 g/mol. The topological polar surface area (TPSA) is 38.5 Å². The van der Waals surface area contributed by atoms with Gasteiger partial charge in [-0.3, -0.25) is 0 Å². The summed E-state index contributed by atoms with van der Waals surface area (Å²) in [4.78, 5) is 2.28. The van der Waals surface area contributed by atoms with Gasteiger partial charge in [0.25, 0.3) is 0 Å². The molecule has 0 aliphatic heterocycles. The summed E-state index contributed by atoms with van der Waals surface area (Å²) >= 11 is 0. The summed E-state index contributed by atoms with van der Waals surface area (Å²) < 4.78 is 11.1. The number of benzene rings is 1. The van der Waals surface area contributed by atoms with Gasteiger partial charge in [-0.1, -0.05) is 17.3 Å². The lowest BCUT2D eigenvalue weighted by Crippen LogP contribution is -2.21. The van der Waals surface area contributed by atoms with Crippen LogP contribution in [0, 0.1) is 27.7 Å². The minimum Gasteiger partial charge on any atom is -0.493 e. The number of hydrogen-bond acceptors (Lipinski definition) is 4. The third-order valence-corrected chi connectivity index (χ3v) is 3.89. The zero-order valence-corrected chi connectivity index (χ0v) is 14.3. The molecule has 120 valence electrons. The Bertz CT molecular complexity index is 600. The van der Waals surface area contributed by atoms with E-state index in [0.29, 0.717) is 0 Å². The van der Waals surface area contributed by atoms with Gasteiger partial charge in [0.1, 0.15) is 11.5 Å². The molecule has 0 bridgehead atoms. The molecule has 4 heteroatoms. The quantitative estimate of drug-likeness (QED) is 0.729. The molecule has 0 saturated heterocycles. The lowest BCUT2D eigenvalue weighted by Gasteiger charge is -2.17. The Labute approximate surface area is 133 Å². The van der Waals surface area contributed by atoms with Gasteiger partial charge in [0.15, 0.2) is 0 Å². The van der Waals surface area contributed by atoms with Crippen molar-refractivity contribution in [2.75, 3.05) is 20.2 Å². The third kappa shape index (κ3) is 4.34. The van der Waals surface area contributed by atoms with Crippen LogP contribution in [0.1, 0.15) is 34.6 Å². The van der Waals surface area contributed by atoms with Gasteiger partial charge in [-0.2, -0.15) is 0 Å². The minimum atomic E-state index is 0.732. The molecule has 0 unspecified atom stereocenters. The van der Waals surface area contributed by atoms with Crippen LogP contribution in [0.3, 0.4) is 0 Å². The van der Waals surface area contributed by atoms with Crippen molar-refractivity contribution in [2.24, 2.45) is 0 Å². The Balaban J connectivity index is 1.75. The standard InChI is InChI=1S/C18H26N2O2/c1-13-7-8-14(2)18(11-13)21-10-6-9-20(5)12-17-15(3)19-22-16(17)4/h7-8,11H,6,9-10,12H2,1-5H3. The highest BCUT2D eigenvalue weighted by molar-refractivity contribution is 5.35. The molecular formula is C18H26N2O2. The second-order valence-corrected chi connectivity index (χ2v) is 6.01. The predicted molar refractivity (Wildman–Crippen MR) is 88.3 cm³/mol. The number of nitrogens with zero attached hydrogens (tertiary/aromatic N) is 2. The molecule has 0 aliphatic rings. The normalized spacial score (nSPS) is 11.2. The number of ether oxygens (including phenoxy) is 1. The smallest absolute Gasteiger partial charge is 0.138 e. The molecule has 1 aromatic heterocycles. The summed E-state index contributed by atoms with van der Waals surface area (Å²) in [5.74, 6) is 1.91. The van der Waals surface area contributed by atoms with Gasteiger partial charge in [-0.15, -0.1) is 0 Å². The van der Waals surface area contributed by atoms with Crippen LogP contribution in [0.2, 0.25) is 0 Å². The van der Waals surface area contributed by atoms with E-state index in [4.69, 9.17) is 9.26 Å². The Morgan fingerprint density at radius 2 is 1.95 bits per heavy atom. The van der Waals surface area contributed by atoms with Crippen LogP contribution in [0.25, 0.3) is 0 Å². The third-order valence-electron chi connectivity index (χ3n) is 3.89. The van der Waals surface area contributed by atoms with Crippen molar-refractivity contribution in [3.05, 3.63) is 46.3 Å². The maximum Gasteiger partial charge on any atom is 0.138 e. The van der Waals surface area contributed by atoms with Crippen LogP contribution in [-0.4, -0.2) is 30.3 Å². The van der Waals surface area contributed by atoms with E-state index in [1.807, 2.05) is 13.8 Å². The van der Waals surface area contributed by atoms with Crippen molar-refractivity contribution >= 4 is 0 Å². The number of hydrogen-bond donors (Lipinski definition) is 0. The fourth-order valence-corrected chi connectivity index (χ4v) is 2.46. The van der Waals surface area contributed by atoms with Crippen molar-refractivity contribution < 1.29 is 9.26 Å². The first kappa shape index (κ1) is 16.6. The summed E-state index contributed by atoms with van der Waals surface area (Å²) in [6.45, 7) is 10.7. The average molecular weight is 302 g/mol. The minimum absolute atomic E-state index is 0.732. The Morgan fingerprint density at radius 3 is 2.64 bits per heavy atom. The molecule has 1 aromatic carbocycles. The highest BCUT2D eigenvalue weighted by Gasteiger charge is 2.11.